The molecule has 1 aromatic carbocycles. The number of aromatic nitrogens is 1. The Balaban J connectivity index is 2.54. The van der Waals surface area contributed by atoms with E-state index in [9.17, 15) is 4.79 Å². The molecule has 0 aliphatic heterocycles. The first-order valence-corrected chi connectivity index (χ1v) is 7.20. The van der Waals surface area contributed by atoms with Gasteiger partial charge in [0.15, 0.2) is 0 Å². The Labute approximate surface area is 129 Å². The summed E-state index contributed by atoms with van der Waals surface area (Å²) in [6.07, 6.45) is 1.79. The number of nitrogens with one attached hydrogen (secondary N) is 1. The molecule has 0 aliphatic carbocycles. The number of carbonyl (C=O) groups excluding carboxylic acids is 1. The van der Waals surface area contributed by atoms with Crippen LogP contribution in [0.2, 0.25) is 5.02 Å². The Morgan fingerprint density at radius 2 is 2.05 bits per heavy atom. The van der Waals surface area contributed by atoms with E-state index in [1.807, 2.05) is 38.1 Å². The summed E-state index contributed by atoms with van der Waals surface area (Å²) in [6, 6.07) is 9.29. The van der Waals surface area contributed by atoms with Crippen molar-refractivity contribution in [1.82, 2.24) is 4.98 Å². The molecule has 1 aromatic heterocycles. The van der Waals surface area contributed by atoms with Gasteiger partial charge in [0.05, 0.1) is 12.2 Å². The van der Waals surface area contributed by atoms with Crippen molar-refractivity contribution in [1.29, 1.82) is 0 Å². The lowest BCUT2D eigenvalue weighted by Gasteiger charge is -2.09. The molecule has 0 atom stereocenters. The zero-order valence-electron chi connectivity index (χ0n) is 12.4. The third-order valence-corrected chi connectivity index (χ3v) is 3.47. The fourth-order valence-corrected chi connectivity index (χ4v) is 2.42. The van der Waals surface area contributed by atoms with Gasteiger partial charge in [-0.2, -0.15) is 0 Å². The van der Waals surface area contributed by atoms with Crippen LogP contribution in [0.4, 0.5) is 0 Å². The van der Waals surface area contributed by atoms with E-state index < -0.39 is 0 Å². The van der Waals surface area contributed by atoms with Crippen LogP contribution in [0.25, 0.3) is 11.6 Å². The normalized spacial score (nSPS) is 11.5. The van der Waals surface area contributed by atoms with E-state index in [0.29, 0.717) is 22.8 Å². The third-order valence-electron chi connectivity index (χ3n) is 3.14. The molecule has 0 fully saturated rings. The Morgan fingerprint density at radius 1 is 1.33 bits per heavy atom. The largest absolute Gasteiger partial charge is 0.462 e. The minimum absolute atomic E-state index is 0.323. The molecule has 21 heavy (non-hydrogen) atoms. The van der Waals surface area contributed by atoms with E-state index >= 15 is 0 Å². The molecule has 0 radical (unpaired) electrons. The fourth-order valence-electron chi connectivity index (χ4n) is 2.18. The summed E-state index contributed by atoms with van der Waals surface area (Å²) in [5.41, 5.74) is 4.12. The number of hydrogen-bond acceptors (Lipinski definition) is 2. The van der Waals surface area contributed by atoms with Gasteiger partial charge in [-0.25, -0.2) is 4.79 Å². The smallest absolute Gasteiger partial charge is 0.338 e. The summed E-state index contributed by atoms with van der Waals surface area (Å²) in [4.78, 5) is 15.5. The van der Waals surface area contributed by atoms with E-state index in [1.54, 1.807) is 19.1 Å². The number of aromatic amines is 1. The van der Waals surface area contributed by atoms with Gasteiger partial charge in [0.1, 0.15) is 0 Å². The second-order valence-corrected chi connectivity index (χ2v) is 5.21. The number of H-pyrrole nitrogens is 1. The highest BCUT2D eigenvalue weighted by Gasteiger charge is 2.17. The van der Waals surface area contributed by atoms with Gasteiger partial charge in [0, 0.05) is 22.0 Å². The summed E-state index contributed by atoms with van der Waals surface area (Å²) in [5, 5.41) is 0.526. The molecular formula is C17H18ClNO2. The van der Waals surface area contributed by atoms with Crippen molar-refractivity contribution in [2.45, 2.75) is 20.8 Å². The number of halogens is 1. The quantitative estimate of drug-likeness (QED) is 0.672. The maximum absolute atomic E-state index is 12.3. The number of esters is 1. The highest BCUT2D eigenvalue weighted by Crippen LogP contribution is 2.27. The van der Waals surface area contributed by atoms with Crippen LogP contribution in [0.1, 0.15) is 29.4 Å². The van der Waals surface area contributed by atoms with Crippen molar-refractivity contribution in [2.24, 2.45) is 0 Å². The summed E-state index contributed by atoms with van der Waals surface area (Å²) < 4.78 is 5.15. The molecule has 0 unspecified atom stereocenters. The summed E-state index contributed by atoms with van der Waals surface area (Å²) in [6.45, 7) is 6.07. The Kier molecular flexibility index (Phi) is 4.86. The number of hydrogen-bond donors (Lipinski definition) is 1. The van der Waals surface area contributed by atoms with Crippen molar-refractivity contribution in [2.75, 3.05) is 6.61 Å². The standard InChI is InChI=1S/C17H18ClNO2/c1-4-21-17(20)14(13-7-5-6-8-15(13)18)10-16-11(2)9-12(3)19-16/h5-10,19H,4H2,1-3H3/b14-10+. The van der Waals surface area contributed by atoms with E-state index in [-0.39, 0.29) is 5.97 Å². The Hall–Kier alpha value is -2.00. The van der Waals surface area contributed by atoms with Crippen molar-refractivity contribution in [3.63, 3.8) is 0 Å². The van der Waals surface area contributed by atoms with Crippen LogP contribution in [-0.2, 0) is 9.53 Å². The van der Waals surface area contributed by atoms with Crippen LogP contribution in [0.5, 0.6) is 0 Å². The third kappa shape index (κ3) is 3.56. The number of carbonyl (C=O) groups is 1. The van der Waals surface area contributed by atoms with Crippen LogP contribution in [0, 0.1) is 13.8 Å². The molecule has 2 rings (SSSR count). The molecule has 4 heteroatoms. The van der Waals surface area contributed by atoms with Gasteiger partial charge < -0.3 is 9.72 Å². The molecule has 2 aromatic rings. The van der Waals surface area contributed by atoms with Crippen LogP contribution in [-0.4, -0.2) is 17.6 Å². The van der Waals surface area contributed by atoms with E-state index in [2.05, 4.69) is 4.98 Å². The highest BCUT2D eigenvalue weighted by molar-refractivity contribution is 6.35. The van der Waals surface area contributed by atoms with Gasteiger partial charge in [-0.05, 0) is 44.5 Å². The van der Waals surface area contributed by atoms with E-state index in [1.165, 1.54) is 0 Å². The van der Waals surface area contributed by atoms with Crippen molar-refractivity contribution in [3.8, 4) is 0 Å². The summed E-state index contributed by atoms with van der Waals surface area (Å²) >= 11 is 6.22. The molecule has 1 N–H and O–H groups in total. The Morgan fingerprint density at radius 3 is 2.62 bits per heavy atom. The topological polar surface area (TPSA) is 42.1 Å². The molecule has 0 spiro atoms. The number of rotatable bonds is 4. The highest BCUT2D eigenvalue weighted by atomic mass is 35.5. The molecule has 0 aliphatic rings. The average molecular weight is 304 g/mol. The molecule has 3 nitrogen and oxygen atoms in total. The summed E-state index contributed by atoms with van der Waals surface area (Å²) in [5.74, 6) is -0.378. The number of aryl methyl sites for hydroxylation is 2. The zero-order chi connectivity index (χ0) is 15.4. The zero-order valence-corrected chi connectivity index (χ0v) is 13.1. The summed E-state index contributed by atoms with van der Waals surface area (Å²) in [7, 11) is 0. The maximum atomic E-state index is 12.3. The molecule has 0 saturated heterocycles. The number of benzene rings is 1. The second-order valence-electron chi connectivity index (χ2n) is 4.81. The minimum atomic E-state index is -0.378. The van der Waals surface area contributed by atoms with Gasteiger partial charge in [0.25, 0.3) is 0 Å². The molecule has 0 bridgehead atoms. The van der Waals surface area contributed by atoms with E-state index in [4.69, 9.17) is 16.3 Å². The molecule has 110 valence electrons. The lowest BCUT2D eigenvalue weighted by atomic mass is 10.0. The van der Waals surface area contributed by atoms with Crippen molar-refractivity contribution in [3.05, 3.63) is 57.9 Å². The van der Waals surface area contributed by atoms with Gasteiger partial charge in [-0.15, -0.1) is 0 Å². The molecule has 1 heterocycles. The first-order chi connectivity index (χ1) is 10.0. The molecule has 0 amide bonds. The first kappa shape index (κ1) is 15.4. The predicted molar refractivity (Wildman–Crippen MR) is 86.2 cm³/mol. The van der Waals surface area contributed by atoms with Gasteiger partial charge in [-0.1, -0.05) is 29.8 Å². The second kappa shape index (κ2) is 6.64. The average Bonchev–Trinajstić information content (AvgIpc) is 2.75. The van der Waals surface area contributed by atoms with Crippen molar-refractivity contribution < 1.29 is 9.53 Å². The van der Waals surface area contributed by atoms with Crippen molar-refractivity contribution >= 4 is 29.2 Å². The molecular weight excluding hydrogens is 286 g/mol. The predicted octanol–water partition coefficient (Wildman–Crippen LogP) is 4.39. The maximum Gasteiger partial charge on any atom is 0.338 e. The Bertz CT molecular complexity index is 686. The van der Waals surface area contributed by atoms with Gasteiger partial charge in [0.2, 0.25) is 0 Å². The van der Waals surface area contributed by atoms with Crippen LogP contribution >= 0.6 is 11.6 Å². The van der Waals surface area contributed by atoms with Crippen LogP contribution in [0.15, 0.2) is 30.3 Å². The number of ether oxygens (including phenoxy) is 1. The first-order valence-electron chi connectivity index (χ1n) is 6.83. The SMILES string of the molecule is CCOC(=O)/C(=C/c1[nH]c(C)cc1C)c1ccccc1Cl. The molecule has 0 saturated carbocycles. The fraction of sp³-hybridized carbons (Fsp3) is 0.235. The van der Waals surface area contributed by atoms with Crippen LogP contribution in [0.3, 0.4) is 0 Å². The van der Waals surface area contributed by atoms with Gasteiger partial charge in [-0.3, -0.25) is 0 Å². The van der Waals surface area contributed by atoms with Crippen LogP contribution < -0.4 is 0 Å². The van der Waals surface area contributed by atoms with E-state index in [0.717, 1.165) is 17.0 Å². The lowest BCUT2D eigenvalue weighted by Crippen LogP contribution is -2.07. The van der Waals surface area contributed by atoms with Gasteiger partial charge >= 0.3 is 5.97 Å². The minimum Gasteiger partial charge on any atom is -0.462 e. The lowest BCUT2D eigenvalue weighted by molar-refractivity contribution is -0.136. The monoisotopic (exact) mass is 303 g/mol.